The average molecular weight is 214 g/mol. The fourth-order valence-electron chi connectivity index (χ4n) is 1.16. The zero-order chi connectivity index (χ0) is 9.42. The highest BCUT2D eigenvalue weighted by atomic mass is 35.5. The lowest BCUT2D eigenvalue weighted by Crippen LogP contribution is -1.81. The molecule has 0 unspecified atom stereocenters. The SMILES string of the molecule is Oc1cccc2c(Cl)cc(Cl)nc12. The molecule has 1 heterocycles. The van der Waals surface area contributed by atoms with E-state index in [0.717, 1.165) is 0 Å². The van der Waals surface area contributed by atoms with Gasteiger partial charge in [-0.15, -0.1) is 0 Å². The number of aromatic hydroxyl groups is 1. The Hall–Kier alpha value is -0.990. The number of nitrogens with zero attached hydrogens (tertiary/aromatic N) is 1. The monoisotopic (exact) mass is 213 g/mol. The van der Waals surface area contributed by atoms with Gasteiger partial charge in [0.15, 0.2) is 0 Å². The number of rotatable bonds is 0. The summed E-state index contributed by atoms with van der Waals surface area (Å²) in [6.07, 6.45) is 0. The normalized spacial score (nSPS) is 10.6. The van der Waals surface area contributed by atoms with Gasteiger partial charge in [0.25, 0.3) is 0 Å². The van der Waals surface area contributed by atoms with Crippen LogP contribution in [-0.2, 0) is 0 Å². The quantitative estimate of drug-likeness (QED) is 0.682. The van der Waals surface area contributed by atoms with Crippen LogP contribution < -0.4 is 0 Å². The average Bonchev–Trinajstić information content (AvgIpc) is 2.07. The van der Waals surface area contributed by atoms with Gasteiger partial charge in [-0.1, -0.05) is 35.3 Å². The molecular weight excluding hydrogens is 209 g/mol. The van der Waals surface area contributed by atoms with E-state index in [1.165, 1.54) is 0 Å². The number of aromatic nitrogens is 1. The minimum atomic E-state index is 0.0851. The first-order valence-electron chi connectivity index (χ1n) is 3.62. The molecule has 0 bridgehead atoms. The summed E-state index contributed by atoms with van der Waals surface area (Å²) in [6, 6.07) is 6.58. The predicted molar refractivity (Wildman–Crippen MR) is 53.4 cm³/mol. The van der Waals surface area contributed by atoms with Gasteiger partial charge < -0.3 is 5.11 Å². The summed E-state index contributed by atoms with van der Waals surface area (Å²) in [4.78, 5) is 3.97. The molecule has 0 aliphatic carbocycles. The number of phenols is 1. The molecule has 2 aromatic rings. The molecule has 0 radical (unpaired) electrons. The van der Waals surface area contributed by atoms with Crippen LogP contribution in [-0.4, -0.2) is 10.1 Å². The van der Waals surface area contributed by atoms with Gasteiger partial charge in [0.2, 0.25) is 0 Å². The van der Waals surface area contributed by atoms with Crippen LogP contribution in [0.3, 0.4) is 0 Å². The fraction of sp³-hybridized carbons (Fsp3) is 0. The van der Waals surface area contributed by atoms with Crippen LogP contribution in [0.5, 0.6) is 5.75 Å². The van der Waals surface area contributed by atoms with E-state index in [4.69, 9.17) is 23.2 Å². The highest BCUT2D eigenvalue weighted by molar-refractivity contribution is 6.37. The first-order valence-corrected chi connectivity index (χ1v) is 4.38. The predicted octanol–water partition coefficient (Wildman–Crippen LogP) is 3.25. The smallest absolute Gasteiger partial charge is 0.141 e. The third kappa shape index (κ3) is 1.43. The second-order valence-corrected chi connectivity index (χ2v) is 3.39. The van der Waals surface area contributed by atoms with Crippen molar-refractivity contribution in [3.63, 3.8) is 0 Å². The molecule has 0 fully saturated rings. The molecule has 0 amide bonds. The molecule has 0 saturated heterocycles. The van der Waals surface area contributed by atoms with Gasteiger partial charge in [-0.05, 0) is 12.1 Å². The van der Waals surface area contributed by atoms with Crippen LogP contribution >= 0.6 is 23.2 Å². The van der Waals surface area contributed by atoms with Crippen LogP contribution in [0.4, 0.5) is 0 Å². The molecular formula is C9H5Cl2NO. The minimum absolute atomic E-state index is 0.0851. The lowest BCUT2D eigenvalue weighted by molar-refractivity contribution is 0.480. The number of halogens is 2. The van der Waals surface area contributed by atoms with Gasteiger partial charge in [0.05, 0.1) is 5.02 Å². The molecule has 0 saturated carbocycles. The Bertz CT molecular complexity index is 470. The van der Waals surface area contributed by atoms with Gasteiger partial charge >= 0.3 is 0 Å². The maximum Gasteiger partial charge on any atom is 0.141 e. The van der Waals surface area contributed by atoms with E-state index >= 15 is 0 Å². The molecule has 2 rings (SSSR count). The number of hydrogen-bond acceptors (Lipinski definition) is 2. The first kappa shape index (κ1) is 8.60. The number of fused-ring (bicyclic) bond motifs is 1. The summed E-state index contributed by atoms with van der Waals surface area (Å²) in [7, 11) is 0. The van der Waals surface area contributed by atoms with Crippen molar-refractivity contribution >= 4 is 34.1 Å². The van der Waals surface area contributed by atoms with Gasteiger partial charge in [-0.3, -0.25) is 0 Å². The summed E-state index contributed by atoms with van der Waals surface area (Å²) in [6.45, 7) is 0. The molecule has 0 aliphatic heterocycles. The Labute approximate surface area is 84.7 Å². The molecule has 0 aliphatic rings. The van der Waals surface area contributed by atoms with Crippen molar-refractivity contribution < 1.29 is 5.11 Å². The van der Waals surface area contributed by atoms with Gasteiger partial charge in [-0.25, -0.2) is 4.98 Å². The number of benzene rings is 1. The lowest BCUT2D eigenvalue weighted by atomic mass is 10.2. The molecule has 2 nitrogen and oxygen atoms in total. The Morgan fingerprint density at radius 2 is 2.00 bits per heavy atom. The van der Waals surface area contributed by atoms with Crippen molar-refractivity contribution in [3.05, 3.63) is 34.4 Å². The van der Waals surface area contributed by atoms with Crippen LogP contribution in [0.25, 0.3) is 10.9 Å². The van der Waals surface area contributed by atoms with E-state index in [1.54, 1.807) is 24.3 Å². The summed E-state index contributed by atoms with van der Waals surface area (Å²) >= 11 is 11.6. The Kier molecular flexibility index (Phi) is 2.02. The molecule has 0 atom stereocenters. The van der Waals surface area contributed by atoms with Crippen LogP contribution in [0.2, 0.25) is 10.2 Å². The lowest BCUT2D eigenvalue weighted by Gasteiger charge is -2.01. The van der Waals surface area contributed by atoms with Gasteiger partial charge in [-0.2, -0.15) is 0 Å². The number of para-hydroxylation sites is 1. The second kappa shape index (κ2) is 3.05. The zero-order valence-electron chi connectivity index (χ0n) is 6.46. The van der Waals surface area contributed by atoms with E-state index in [1.807, 2.05) is 0 Å². The van der Waals surface area contributed by atoms with Crippen molar-refractivity contribution in [2.75, 3.05) is 0 Å². The van der Waals surface area contributed by atoms with Crippen LogP contribution in [0, 0.1) is 0 Å². The third-order valence-corrected chi connectivity index (χ3v) is 2.24. The van der Waals surface area contributed by atoms with Crippen molar-refractivity contribution in [1.29, 1.82) is 0 Å². The standard InChI is InChI=1S/C9H5Cl2NO/c10-6-4-8(11)12-9-5(6)2-1-3-7(9)13/h1-4,13H. The van der Waals surface area contributed by atoms with Crippen molar-refractivity contribution in [1.82, 2.24) is 4.98 Å². The largest absolute Gasteiger partial charge is 0.506 e. The molecule has 1 aromatic carbocycles. The van der Waals surface area contributed by atoms with E-state index < -0.39 is 0 Å². The van der Waals surface area contributed by atoms with E-state index in [9.17, 15) is 5.11 Å². The summed E-state index contributed by atoms with van der Waals surface area (Å²) in [5, 5.41) is 10.9. The molecule has 66 valence electrons. The van der Waals surface area contributed by atoms with E-state index in [2.05, 4.69) is 4.98 Å². The van der Waals surface area contributed by atoms with E-state index in [-0.39, 0.29) is 10.9 Å². The molecule has 0 spiro atoms. The first-order chi connectivity index (χ1) is 6.18. The zero-order valence-corrected chi connectivity index (χ0v) is 7.97. The summed E-state index contributed by atoms with van der Waals surface area (Å²) in [5.41, 5.74) is 0.431. The van der Waals surface area contributed by atoms with Gasteiger partial charge in [0.1, 0.15) is 16.4 Å². The number of phenolic OH excluding ortho intramolecular Hbond substituents is 1. The highest BCUT2D eigenvalue weighted by Gasteiger charge is 2.05. The molecule has 1 N–H and O–H groups in total. The van der Waals surface area contributed by atoms with E-state index in [0.29, 0.717) is 15.9 Å². The van der Waals surface area contributed by atoms with Crippen LogP contribution in [0.15, 0.2) is 24.3 Å². The molecule has 4 heteroatoms. The van der Waals surface area contributed by atoms with Crippen LogP contribution in [0.1, 0.15) is 0 Å². The highest BCUT2D eigenvalue weighted by Crippen LogP contribution is 2.29. The number of pyridine rings is 1. The molecule has 1 aromatic heterocycles. The summed E-state index contributed by atoms with van der Waals surface area (Å²) in [5.74, 6) is 0.0851. The van der Waals surface area contributed by atoms with Gasteiger partial charge in [0, 0.05) is 5.39 Å². The van der Waals surface area contributed by atoms with Crippen molar-refractivity contribution in [3.8, 4) is 5.75 Å². The summed E-state index contributed by atoms with van der Waals surface area (Å²) < 4.78 is 0. The topological polar surface area (TPSA) is 33.1 Å². The second-order valence-electron chi connectivity index (χ2n) is 2.60. The number of hydrogen-bond donors (Lipinski definition) is 1. The van der Waals surface area contributed by atoms with Crippen molar-refractivity contribution in [2.24, 2.45) is 0 Å². The third-order valence-electron chi connectivity index (χ3n) is 1.74. The minimum Gasteiger partial charge on any atom is -0.506 e. The fourth-order valence-corrected chi connectivity index (χ4v) is 1.67. The van der Waals surface area contributed by atoms with Crippen molar-refractivity contribution in [2.45, 2.75) is 0 Å². The Morgan fingerprint density at radius 1 is 1.23 bits per heavy atom. The Morgan fingerprint density at radius 3 is 2.77 bits per heavy atom. The Balaban J connectivity index is 2.94. The maximum atomic E-state index is 9.44. The maximum absolute atomic E-state index is 9.44. The molecule has 13 heavy (non-hydrogen) atoms.